The molecule has 15 heteroatoms. The van der Waals surface area contributed by atoms with Crippen LogP contribution in [0.1, 0.15) is 109 Å². The van der Waals surface area contributed by atoms with E-state index in [9.17, 15) is 29.4 Å². The molecule has 0 unspecified atom stereocenters. The third kappa shape index (κ3) is 18.8. The van der Waals surface area contributed by atoms with Gasteiger partial charge in [0.05, 0.1) is 64.9 Å². The van der Waals surface area contributed by atoms with Crippen LogP contribution in [-0.4, -0.2) is 110 Å². The van der Waals surface area contributed by atoms with E-state index in [2.05, 4.69) is 6.92 Å². The molecule has 2 aromatic carbocycles. The number of rotatable bonds is 30. The van der Waals surface area contributed by atoms with Gasteiger partial charge in [0.2, 0.25) is 5.79 Å². The molecule has 0 spiro atoms. The largest absolute Gasteiger partial charge is 0.497 e. The summed E-state index contributed by atoms with van der Waals surface area (Å²) in [5, 5.41) is 31.4. The van der Waals surface area contributed by atoms with E-state index in [1.54, 1.807) is 21.0 Å². The van der Waals surface area contributed by atoms with E-state index >= 15 is 0 Å². The third-order valence-corrected chi connectivity index (χ3v) is 11.0. The second-order valence-electron chi connectivity index (χ2n) is 16.6. The van der Waals surface area contributed by atoms with Gasteiger partial charge in [0.25, 0.3) is 0 Å². The van der Waals surface area contributed by atoms with Gasteiger partial charge in [-0.2, -0.15) is 0 Å². The fourth-order valence-corrected chi connectivity index (χ4v) is 7.05. The Hall–Kier alpha value is -4.64. The van der Waals surface area contributed by atoms with Crippen molar-refractivity contribution in [2.75, 3.05) is 34.0 Å². The molecule has 3 N–H and O–H groups in total. The van der Waals surface area contributed by atoms with E-state index in [1.165, 1.54) is 19.3 Å². The van der Waals surface area contributed by atoms with Crippen molar-refractivity contribution in [1.82, 2.24) is 0 Å². The normalized spacial score (nSPS) is 19.8. The minimum atomic E-state index is -2.34. The third-order valence-electron chi connectivity index (χ3n) is 11.0. The Kier molecular flexibility index (Phi) is 23.8. The number of carbonyl (C=O) groups is 4. The molecule has 1 saturated heterocycles. The van der Waals surface area contributed by atoms with Gasteiger partial charge in [-0.1, -0.05) is 95.0 Å². The number of unbranched alkanes of at least 4 members (excludes halogenated alkanes) is 4. The number of aliphatic hydroxyl groups excluding tert-OH is 1. The maximum Gasteiger partial charge on any atom is 0.330 e. The SMILES string of the molecule is CCCCCCCC(=O)O[C@H]1/C(=C/C(=O)OC)C[C@@H](C[C@H](OCc2ccc(OC)cc2)[C@H](C)OCc2ccccc2)O[C@@]1(O)C(C)(C)/C=C/C(=O)OCCCOCC[C@@H](O)CC(=O)O. The van der Waals surface area contributed by atoms with Crippen molar-refractivity contribution in [2.24, 2.45) is 5.41 Å². The summed E-state index contributed by atoms with van der Waals surface area (Å²) in [7, 11) is 2.82. The minimum absolute atomic E-state index is 0.00290. The van der Waals surface area contributed by atoms with Crippen LogP contribution in [-0.2, 0) is 65.5 Å². The fourth-order valence-electron chi connectivity index (χ4n) is 7.05. The second-order valence-corrected chi connectivity index (χ2v) is 16.6. The van der Waals surface area contributed by atoms with E-state index in [1.807, 2.05) is 61.5 Å². The van der Waals surface area contributed by atoms with Crippen LogP contribution in [0.5, 0.6) is 5.75 Å². The van der Waals surface area contributed by atoms with Crippen LogP contribution in [0.15, 0.2) is 78.4 Å². The minimum Gasteiger partial charge on any atom is -0.497 e. The average Bonchev–Trinajstić information content (AvgIpc) is 3.27. The van der Waals surface area contributed by atoms with Gasteiger partial charge in [0.15, 0.2) is 6.10 Å². The van der Waals surface area contributed by atoms with Gasteiger partial charge >= 0.3 is 23.9 Å². The van der Waals surface area contributed by atoms with Crippen LogP contribution in [0, 0.1) is 5.41 Å². The Bertz CT molecular complexity index is 1760. The van der Waals surface area contributed by atoms with Crippen molar-refractivity contribution in [2.45, 2.75) is 148 Å². The number of methoxy groups -OCH3 is 2. The van der Waals surface area contributed by atoms with Crippen LogP contribution >= 0.6 is 0 Å². The van der Waals surface area contributed by atoms with Crippen LogP contribution in [0.25, 0.3) is 0 Å². The molecule has 1 aliphatic rings. The summed E-state index contributed by atoms with van der Waals surface area (Å²) in [5.74, 6) is -4.76. The van der Waals surface area contributed by atoms with Gasteiger partial charge in [-0.15, -0.1) is 0 Å². The number of carboxylic acids is 1. The van der Waals surface area contributed by atoms with E-state index in [0.29, 0.717) is 25.2 Å². The molecule has 0 bridgehead atoms. The highest BCUT2D eigenvalue weighted by Crippen LogP contribution is 2.47. The second kappa shape index (κ2) is 28.3. The Balaban J connectivity index is 1.90. The maximum absolute atomic E-state index is 13.5. The quantitative estimate of drug-likeness (QED) is 0.0308. The Morgan fingerprint density at radius 1 is 0.891 bits per heavy atom. The van der Waals surface area contributed by atoms with Crippen LogP contribution in [0.4, 0.5) is 0 Å². The predicted octanol–water partition coefficient (Wildman–Crippen LogP) is 7.18. The number of ether oxygens (including phenoxy) is 8. The molecule has 0 aliphatic carbocycles. The smallest absolute Gasteiger partial charge is 0.330 e. The molecule has 1 heterocycles. The van der Waals surface area contributed by atoms with Crippen LogP contribution < -0.4 is 4.74 Å². The number of carboxylic acid groups (broad SMARTS) is 1. The van der Waals surface area contributed by atoms with Gasteiger partial charge in [-0.05, 0) is 55.0 Å². The molecule has 0 radical (unpaired) electrons. The molecule has 3 rings (SSSR count). The summed E-state index contributed by atoms with van der Waals surface area (Å²) in [5.41, 5.74) is 0.654. The van der Waals surface area contributed by atoms with E-state index in [4.69, 9.17) is 43.0 Å². The van der Waals surface area contributed by atoms with Crippen LogP contribution in [0.2, 0.25) is 0 Å². The molecule has 15 nitrogen and oxygen atoms in total. The molecular weight excluding hydrogens is 829 g/mol. The lowest BCUT2D eigenvalue weighted by atomic mass is 9.74. The zero-order chi connectivity index (χ0) is 47.0. The highest BCUT2D eigenvalue weighted by Gasteiger charge is 2.57. The molecule has 1 aliphatic heterocycles. The lowest BCUT2D eigenvalue weighted by Gasteiger charge is -2.51. The van der Waals surface area contributed by atoms with E-state index in [0.717, 1.165) is 42.9 Å². The first-order valence-electron chi connectivity index (χ1n) is 22.2. The molecule has 0 amide bonds. The molecule has 356 valence electrons. The van der Waals surface area contributed by atoms with Crippen molar-refractivity contribution in [1.29, 1.82) is 0 Å². The van der Waals surface area contributed by atoms with E-state index < -0.39 is 65.6 Å². The average molecular weight is 899 g/mol. The van der Waals surface area contributed by atoms with Gasteiger partial charge in [0.1, 0.15) is 5.75 Å². The predicted molar refractivity (Wildman–Crippen MR) is 237 cm³/mol. The molecule has 64 heavy (non-hydrogen) atoms. The zero-order valence-electron chi connectivity index (χ0n) is 38.4. The first-order valence-corrected chi connectivity index (χ1v) is 22.2. The standard InChI is InChI=1S/C49H70O15/c1-7-8-9-10-14-18-45(54)63-47-38(30-46(55)58-6)29-41(32-42(35(2)61-33-36-16-12-11-13-17-36)62-34-37-19-21-40(57-5)22-20-37)64-49(47,56)48(3,4)25-23-44(53)60-27-15-26-59-28-24-39(50)31-43(51)52/h11-13,16-17,19-23,25,30,35,39,41-42,47,50,56H,7-10,14-15,18,24,26-29,31-34H2,1-6H3,(H,51,52)/b25-23+,38-30+/t35-,39+,41-,42-,47-,49+/m0/s1. The van der Waals surface area contributed by atoms with Gasteiger partial charge in [0, 0.05) is 50.0 Å². The molecule has 0 saturated carbocycles. The molecular formula is C49H70O15. The first kappa shape index (κ1) is 53.7. The number of aliphatic hydroxyl groups is 2. The molecule has 6 atom stereocenters. The summed E-state index contributed by atoms with van der Waals surface area (Å²) in [6.45, 7) is 8.11. The Morgan fingerprint density at radius 2 is 1.58 bits per heavy atom. The summed E-state index contributed by atoms with van der Waals surface area (Å²) in [6.07, 6.45) is 4.25. The van der Waals surface area contributed by atoms with Crippen molar-refractivity contribution in [3.8, 4) is 5.75 Å². The van der Waals surface area contributed by atoms with Crippen molar-refractivity contribution in [3.05, 3.63) is 89.5 Å². The van der Waals surface area contributed by atoms with Crippen molar-refractivity contribution in [3.63, 3.8) is 0 Å². The number of carbonyl (C=O) groups excluding carboxylic acids is 3. The number of benzene rings is 2. The Morgan fingerprint density at radius 3 is 2.25 bits per heavy atom. The Labute approximate surface area is 378 Å². The van der Waals surface area contributed by atoms with Gasteiger partial charge in [-0.3, -0.25) is 9.59 Å². The lowest BCUT2D eigenvalue weighted by Crippen LogP contribution is -2.62. The lowest BCUT2D eigenvalue weighted by molar-refractivity contribution is -0.328. The fraction of sp³-hybridized carbons (Fsp3) is 0.592. The number of hydrogen-bond acceptors (Lipinski definition) is 14. The summed E-state index contributed by atoms with van der Waals surface area (Å²) >= 11 is 0. The maximum atomic E-state index is 13.5. The number of hydrogen-bond donors (Lipinski definition) is 3. The highest BCUT2D eigenvalue weighted by molar-refractivity contribution is 5.83. The molecule has 1 fully saturated rings. The molecule has 0 aromatic heterocycles. The van der Waals surface area contributed by atoms with Gasteiger partial charge in [-0.25, -0.2) is 9.59 Å². The monoisotopic (exact) mass is 898 g/mol. The summed E-state index contributed by atoms with van der Waals surface area (Å²) < 4.78 is 46.7. The molecule has 2 aromatic rings. The highest BCUT2D eigenvalue weighted by atomic mass is 16.7. The number of aliphatic carboxylic acids is 1. The topological polar surface area (TPSA) is 203 Å². The zero-order valence-corrected chi connectivity index (χ0v) is 38.4. The van der Waals surface area contributed by atoms with E-state index in [-0.39, 0.29) is 64.1 Å². The summed E-state index contributed by atoms with van der Waals surface area (Å²) in [6, 6.07) is 17.2. The summed E-state index contributed by atoms with van der Waals surface area (Å²) in [4.78, 5) is 50.2. The van der Waals surface area contributed by atoms with Crippen molar-refractivity contribution >= 4 is 23.9 Å². The number of esters is 3. The van der Waals surface area contributed by atoms with Crippen molar-refractivity contribution < 1.29 is 72.4 Å². The van der Waals surface area contributed by atoms with Gasteiger partial charge < -0.3 is 53.2 Å². The van der Waals surface area contributed by atoms with Crippen LogP contribution in [0.3, 0.4) is 0 Å². The first-order chi connectivity index (χ1) is 30.6.